The molecule has 3 nitrogen and oxygen atoms in total. The second kappa shape index (κ2) is 2.51. The fourth-order valence-electron chi connectivity index (χ4n) is 0.977. The minimum absolute atomic E-state index is 0.284. The Kier molecular flexibility index (Phi) is 1.51. The Balaban J connectivity index is 2.26. The molecule has 3 heteroatoms. The summed E-state index contributed by atoms with van der Waals surface area (Å²) in [7, 11) is 1.61. The lowest BCUT2D eigenvalue weighted by Crippen LogP contribution is -1.88. The van der Waals surface area contributed by atoms with Crippen LogP contribution in [0.15, 0.2) is 18.3 Å². The summed E-state index contributed by atoms with van der Waals surface area (Å²) in [5.74, 6) is 0.651. The quantitative estimate of drug-likeness (QED) is 0.595. The van der Waals surface area contributed by atoms with E-state index in [0.717, 1.165) is 12.2 Å². The summed E-state index contributed by atoms with van der Waals surface area (Å²) in [6.07, 6.45) is 2.02. The van der Waals surface area contributed by atoms with Gasteiger partial charge in [-0.3, -0.25) is 0 Å². The van der Waals surface area contributed by atoms with E-state index in [4.69, 9.17) is 9.47 Å². The van der Waals surface area contributed by atoms with Crippen LogP contribution in [0.25, 0.3) is 0 Å². The third kappa shape index (κ3) is 1.33. The minimum Gasteiger partial charge on any atom is -0.481 e. The molecule has 1 fully saturated rings. The molecule has 11 heavy (non-hydrogen) atoms. The Hall–Kier alpha value is -1.09. The molecule has 0 aliphatic carbocycles. The molecule has 0 spiro atoms. The topological polar surface area (TPSA) is 34.6 Å². The number of hydrogen-bond acceptors (Lipinski definition) is 3. The van der Waals surface area contributed by atoms with Crippen molar-refractivity contribution in [3.8, 4) is 5.88 Å². The lowest BCUT2D eigenvalue weighted by molar-refractivity contribution is 0.392. The lowest BCUT2D eigenvalue weighted by Gasteiger charge is -1.98. The molecule has 0 amide bonds. The van der Waals surface area contributed by atoms with Gasteiger partial charge in [-0.15, -0.1) is 0 Å². The molecule has 1 aromatic heterocycles. The van der Waals surface area contributed by atoms with E-state index in [9.17, 15) is 0 Å². The zero-order chi connectivity index (χ0) is 7.68. The van der Waals surface area contributed by atoms with Crippen molar-refractivity contribution in [2.24, 2.45) is 0 Å². The van der Waals surface area contributed by atoms with Crippen LogP contribution in [0, 0.1) is 0 Å². The van der Waals surface area contributed by atoms with Crippen molar-refractivity contribution in [2.45, 2.75) is 6.10 Å². The van der Waals surface area contributed by atoms with Gasteiger partial charge in [-0.05, 0) is 11.6 Å². The van der Waals surface area contributed by atoms with Crippen molar-refractivity contribution in [1.82, 2.24) is 4.98 Å². The van der Waals surface area contributed by atoms with Gasteiger partial charge in [-0.2, -0.15) is 0 Å². The van der Waals surface area contributed by atoms with Crippen molar-refractivity contribution in [3.05, 3.63) is 23.9 Å². The van der Waals surface area contributed by atoms with E-state index in [-0.39, 0.29) is 6.10 Å². The molecule has 2 heterocycles. The van der Waals surface area contributed by atoms with Crippen molar-refractivity contribution < 1.29 is 9.47 Å². The van der Waals surface area contributed by atoms with Crippen LogP contribution in [0.3, 0.4) is 0 Å². The number of ether oxygens (including phenoxy) is 2. The molecule has 58 valence electrons. The third-order valence-corrected chi connectivity index (χ3v) is 1.67. The molecule has 1 atom stereocenters. The number of nitrogens with zero attached hydrogens (tertiary/aromatic N) is 1. The summed E-state index contributed by atoms with van der Waals surface area (Å²) in [5.41, 5.74) is 1.15. The molecule has 0 aromatic carbocycles. The minimum atomic E-state index is 0.284. The van der Waals surface area contributed by atoms with Crippen LogP contribution in [0.4, 0.5) is 0 Å². The molecule has 1 unspecified atom stereocenters. The third-order valence-electron chi connectivity index (χ3n) is 1.67. The summed E-state index contributed by atoms with van der Waals surface area (Å²) in [6, 6.07) is 3.85. The van der Waals surface area contributed by atoms with E-state index in [1.54, 1.807) is 13.3 Å². The molecule has 1 saturated heterocycles. The molecular weight excluding hydrogens is 142 g/mol. The van der Waals surface area contributed by atoms with Crippen LogP contribution >= 0.6 is 0 Å². The number of epoxide rings is 1. The Bertz CT molecular complexity index is 258. The molecule has 1 aromatic rings. The largest absolute Gasteiger partial charge is 0.481 e. The van der Waals surface area contributed by atoms with Gasteiger partial charge in [0.1, 0.15) is 6.10 Å². The summed E-state index contributed by atoms with van der Waals surface area (Å²) in [4.78, 5) is 3.99. The number of methoxy groups -OCH3 is 1. The van der Waals surface area contributed by atoms with Crippen LogP contribution < -0.4 is 4.74 Å². The number of pyridine rings is 1. The highest BCUT2D eigenvalue weighted by Gasteiger charge is 2.24. The predicted octanol–water partition coefficient (Wildman–Crippen LogP) is 1.16. The zero-order valence-corrected chi connectivity index (χ0v) is 6.28. The van der Waals surface area contributed by atoms with Gasteiger partial charge in [0.2, 0.25) is 5.88 Å². The number of rotatable bonds is 2. The summed E-state index contributed by atoms with van der Waals surface area (Å²) in [5, 5.41) is 0. The van der Waals surface area contributed by atoms with Gasteiger partial charge in [0.05, 0.1) is 13.7 Å². The fourth-order valence-corrected chi connectivity index (χ4v) is 0.977. The summed E-state index contributed by atoms with van der Waals surface area (Å²) >= 11 is 0. The normalized spacial score (nSPS) is 21.4. The van der Waals surface area contributed by atoms with Crippen LogP contribution in [0.1, 0.15) is 11.7 Å². The van der Waals surface area contributed by atoms with E-state index in [1.807, 2.05) is 12.1 Å². The summed E-state index contributed by atoms with van der Waals surface area (Å²) < 4.78 is 10.1. The first-order chi connectivity index (χ1) is 5.40. The van der Waals surface area contributed by atoms with E-state index in [0.29, 0.717) is 5.88 Å². The van der Waals surface area contributed by atoms with E-state index >= 15 is 0 Å². The highest BCUT2D eigenvalue weighted by Crippen LogP contribution is 2.30. The Morgan fingerprint density at radius 1 is 1.73 bits per heavy atom. The van der Waals surface area contributed by atoms with Gasteiger partial charge < -0.3 is 9.47 Å². The highest BCUT2D eigenvalue weighted by atomic mass is 16.6. The molecule has 1 aliphatic rings. The first-order valence-electron chi connectivity index (χ1n) is 3.51. The van der Waals surface area contributed by atoms with Gasteiger partial charge in [-0.1, -0.05) is 0 Å². The number of aromatic nitrogens is 1. The maximum absolute atomic E-state index is 5.11. The average molecular weight is 151 g/mol. The molecule has 0 saturated carbocycles. The number of hydrogen-bond donors (Lipinski definition) is 0. The maximum atomic E-state index is 5.11. The molecular formula is C8H9NO2. The Morgan fingerprint density at radius 2 is 2.55 bits per heavy atom. The van der Waals surface area contributed by atoms with Crippen LogP contribution in [-0.2, 0) is 4.74 Å². The first kappa shape index (κ1) is 6.61. The molecule has 0 radical (unpaired) electrons. The van der Waals surface area contributed by atoms with Crippen molar-refractivity contribution >= 4 is 0 Å². The van der Waals surface area contributed by atoms with Crippen LogP contribution in [0.5, 0.6) is 5.88 Å². The smallest absolute Gasteiger partial charge is 0.213 e. The van der Waals surface area contributed by atoms with Gasteiger partial charge in [0.25, 0.3) is 0 Å². The molecule has 0 bridgehead atoms. The maximum Gasteiger partial charge on any atom is 0.213 e. The fraction of sp³-hybridized carbons (Fsp3) is 0.375. The van der Waals surface area contributed by atoms with E-state index < -0.39 is 0 Å². The Morgan fingerprint density at radius 3 is 3.18 bits per heavy atom. The first-order valence-corrected chi connectivity index (χ1v) is 3.51. The predicted molar refractivity (Wildman–Crippen MR) is 39.5 cm³/mol. The molecule has 2 rings (SSSR count). The molecule has 1 aliphatic heterocycles. The van der Waals surface area contributed by atoms with Gasteiger partial charge in [0.15, 0.2) is 0 Å². The SMILES string of the molecule is COc1cc(C2CO2)ccn1. The van der Waals surface area contributed by atoms with Crippen molar-refractivity contribution in [3.63, 3.8) is 0 Å². The molecule has 0 N–H and O–H groups in total. The second-order valence-electron chi connectivity index (χ2n) is 2.45. The van der Waals surface area contributed by atoms with Gasteiger partial charge in [0, 0.05) is 12.3 Å². The Labute approximate surface area is 65.0 Å². The van der Waals surface area contributed by atoms with Crippen molar-refractivity contribution in [1.29, 1.82) is 0 Å². The standard InChI is InChI=1S/C8H9NO2/c1-10-8-4-6(2-3-9-8)7-5-11-7/h2-4,7H,5H2,1H3. The van der Waals surface area contributed by atoms with Crippen LogP contribution in [-0.4, -0.2) is 18.7 Å². The van der Waals surface area contributed by atoms with Gasteiger partial charge in [-0.25, -0.2) is 4.98 Å². The van der Waals surface area contributed by atoms with Crippen LogP contribution in [0.2, 0.25) is 0 Å². The summed E-state index contributed by atoms with van der Waals surface area (Å²) in [6.45, 7) is 0.827. The monoisotopic (exact) mass is 151 g/mol. The highest BCUT2D eigenvalue weighted by molar-refractivity contribution is 5.24. The lowest BCUT2D eigenvalue weighted by atomic mass is 10.2. The average Bonchev–Trinajstić information content (AvgIpc) is 2.87. The second-order valence-corrected chi connectivity index (χ2v) is 2.45. The zero-order valence-electron chi connectivity index (χ0n) is 6.28. The van der Waals surface area contributed by atoms with E-state index in [2.05, 4.69) is 4.98 Å². The van der Waals surface area contributed by atoms with Gasteiger partial charge >= 0.3 is 0 Å². The van der Waals surface area contributed by atoms with Crippen molar-refractivity contribution in [2.75, 3.05) is 13.7 Å². The van der Waals surface area contributed by atoms with E-state index in [1.165, 1.54) is 0 Å².